The van der Waals surface area contributed by atoms with Gasteiger partial charge in [-0.3, -0.25) is 4.79 Å². The topological polar surface area (TPSA) is 41.6 Å². The largest absolute Gasteiger partial charge is 0.375 e. The fourth-order valence-electron chi connectivity index (χ4n) is 1.70. The number of carbonyl (C=O) groups is 1. The number of nitrogens with zero attached hydrogens (tertiary/aromatic N) is 1. The third kappa shape index (κ3) is 5.47. The maximum absolute atomic E-state index is 11.6. The Kier molecular flexibility index (Phi) is 5.22. The molecule has 0 aromatic carbocycles. The van der Waals surface area contributed by atoms with Crippen LogP contribution in [0, 0.1) is 0 Å². The van der Waals surface area contributed by atoms with E-state index in [0.717, 1.165) is 32.5 Å². The van der Waals surface area contributed by atoms with E-state index in [-0.39, 0.29) is 11.5 Å². The smallest absolute Gasteiger partial charge is 0.236 e. The average molecular weight is 228 g/mol. The van der Waals surface area contributed by atoms with Crippen LogP contribution in [-0.4, -0.2) is 49.2 Å². The van der Waals surface area contributed by atoms with E-state index in [1.165, 1.54) is 0 Å². The number of hydrogen-bond acceptors (Lipinski definition) is 3. The van der Waals surface area contributed by atoms with Gasteiger partial charge in [-0.1, -0.05) is 0 Å². The Morgan fingerprint density at radius 1 is 1.31 bits per heavy atom. The predicted molar refractivity (Wildman–Crippen MR) is 64.4 cm³/mol. The minimum Gasteiger partial charge on any atom is -0.375 e. The quantitative estimate of drug-likeness (QED) is 0.714. The molecule has 0 spiro atoms. The summed E-state index contributed by atoms with van der Waals surface area (Å²) >= 11 is 0. The molecule has 1 saturated heterocycles. The Balaban J connectivity index is 2.00. The van der Waals surface area contributed by atoms with Crippen molar-refractivity contribution in [1.82, 2.24) is 10.2 Å². The van der Waals surface area contributed by atoms with Gasteiger partial charge in [0.1, 0.15) is 0 Å². The highest BCUT2D eigenvalue weighted by molar-refractivity contribution is 5.78. The molecule has 1 heterocycles. The molecule has 16 heavy (non-hydrogen) atoms. The summed E-state index contributed by atoms with van der Waals surface area (Å²) in [5.41, 5.74) is -0.0966. The van der Waals surface area contributed by atoms with Crippen molar-refractivity contribution in [3.8, 4) is 0 Å². The van der Waals surface area contributed by atoms with Crippen LogP contribution in [0.25, 0.3) is 0 Å². The van der Waals surface area contributed by atoms with Crippen LogP contribution in [0.1, 0.15) is 33.6 Å². The van der Waals surface area contributed by atoms with Gasteiger partial charge in [0, 0.05) is 19.6 Å². The molecular formula is C12H24N2O2. The van der Waals surface area contributed by atoms with Crippen LogP contribution in [0.15, 0.2) is 0 Å². The molecule has 0 aliphatic carbocycles. The first kappa shape index (κ1) is 13.5. The van der Waals surface area contributed by atoms with E-state index in [9.17, 15) is 4.79 Å². The highest BCUT2D eigenvalue weighted by Crippen LogP contribution is 2.07. The molecule has 94 valence electrons. The number of amides is 1. The Labute approximate surface area is 98.3 Å². The fraction of sp³-hybridized carbons (Fsp3) is 0.917. The first-order valence-corrected chi connectivity index (χ1v) is 6.11. The van der Waals surface area contributed by atoms with E-state index in [4.69, 9.17) is 4.74 Å². The number of hydrogen-bond donors (Lipinski definition) is 1. The van der Waals surface area contributed by atoms with Crippen molar-refractivity contribution in [2.75, 3.05) is 32.8 Å². The summed E-state index contributed by atoms with van der Waals surface area (Å²) in [4.78, 5) is 13.6. The molecule has 1 N–H and O–H groups in total. The number of nitrogens with one attached hydrogen (secondary N) is 1. The fourth-order valence-corrected chi connectivity index (χ4v) is 1.70. The highest BCUT2D eigenvalue weighted by Gasteiger charge is 2.17. The van der Waals surface area contributed by atoms with Gasteiger partial charge < -0.3 is 15.0 Å². The van der Waals surface area contributed by atoms with Crippen LogP contribution in [0.3, 0.4) is 0 Å². The van der Waals surface area contributed by atoms with Gasteiger partial charge in [0.05, 0.1) is 18.8 Å². The van der Waals surface area contributed by atoms with Gasteiger partial charge >= 0.3 is 0 Å². The molecule has 1 fully saturated rings. The lowest BCUT2D eigenvalue weighted by Crippen LogP contribution is -2.37. The first-order chi connectivity index (χ1) is 7.49. The summed E-state index contributed by atoms with van der Waals surface area (Å²) in [6, 6.07) is 0. The van der Waals surface area contributed by atoms with Crippen LogP contribution < -0.4 is 5.32 Å². The normalized spacial score (nSPS) is 16.8. The second-order valence-electron chi connectivity index (χ2n) is 5.23. The van der Waals surface area contributed by atoms with E-state index in [1.54, 1.807) is 0 Å². The van der Waals surface area contributed by atoms with Crippen LogP contribution in [0.2, 0.25) is 0 Å². The molecule has 1 rings (SSSR count). The van der Waals surface area contributed by atoms with Gasteiger partial charge in [-0.15, -0.1) is 0 Å². The summed E-state index contributed by atoms with van der Waals surface area (Å²) in [6.45, 7) is 9.77. The molecule has 0 atom stereocenters. The predicted octanol–water partition coefficient (Wildman–Crippen LogP) is 1.01. The van der Waals surface area contributed by atoms with Crippen molar-refractivity contribution in [2.24, 2.45) is 0 Å². The van der Waals surface area contributed by atoms with Crippen molar-refractivity contribution in [3.05, 3.63) is 0 Å². The molecule has 4 nitrogen and oxygen atoms in total. The summed E-state index contributed by atoms with van der Waals surface area (Å²) in [6.07, 6.45) is 2.30. The summed E-state index contributed by atoms with van der Waals surface area (Å²) in [5, 5.41) is 3.12. The van der Waals surface area contributed by atoms with Gasteiger partial charge in [0.25, 0.3) is 0 Å². The van der Waals surface area contributed by atoms with Crippen molar-refractivity contribution in [2.45, 2.75) is 39.2 Å². The summed E-state index contributed by atoms with van der Waals surface area (Å²) in [5.74, 6) is 0.216. The van der Waals surface area contributed by atoms with Gasteiger partial charge in [0.15, 0.2) is 0 Å². The lowest BCUT2D eigenvalue weighted by Gasteiger charge is -2.20. The number of carbonyl (C=O) groups excluding carboxylic acids is 1. The van der Waals surface area contributed by atoms with Crippen LogP contribution in [-0.2, 0) is 9.53 Å². The van der Waals surface area contributed by atoms with E-state index in [0.29, 0.717) is 13.2 Å². The molecule has 4 heteroatoms. The van der Waals surface area contributed by atoms with Crippen molar-refractivity contribution in [1.29, 1.82) is 0 Å². The Bertz CT molecular complexity index is 218. The Morgan fingerprint density at radius 3 is 2.50 bits per heavy atom. The van der Waals surface area contributed by atoms with Gasteiger partial charge in [0.2, 0.25) is 5.91 Å². The van der Waals surface area contributed by atoms with Crippen LogP contribution in [0.4, 0.5) is 0 Å². The van der Waals surface area contributed by atoms with Crippen LogP contribution in [0.5, 0.6) is 0 Å². The molecule has 1 aliphatic heterocycles. The number of likely N-dealkylation sites (tertiary alicyclic amines) is 1. The maximum Gasteiger partial charge on any atom is 0.236 e. The number of ether oxygens (including phenoxy) is 1. The second-order valence-corrected chi connectivity index (χ2v) is 5.23. The van der Waals surface area contributed by atoms with E-state index in [1.807, 2.05) is 25.7 Å². The molecule has 0 radical (unpaired) electrons. The molecule has 0 saturated carbocycles. The summed E-state index contributed by atoms with van der Waals surface area (Å²) in [7, 11) is 0. The summed E-state index contributed by atoms with van der Waals surface area (Å²) < 4.78 is 5.55. The minimum absolute atomic E-state index is 0.0966. The lowest BCUT2D eigenvalue weighted by atomic mass is 10.2. The van der Waals surface area contributed by atoms with E-state index >= 15 is 0 Å². The van der Waals surface area contributed by atoms with E-state index in [2.05, 4.69) is 5.32 Å². The van der Waals surface area contributed by atoms with Gasteiger partial charge in [-0.25, -0.2) is 0 Å². The standard InChI is InChI=1S/C12H24N2O2/c1-12(2,3)16-9-6-13-10-11(15)14-7-4-5-8-14/h13H,4-10H2,1-3H3. The average Bonchev–Trinajstić information content (AvgIpc) is 2.67. The number of rotatable bonds is 5. The molecule has 1 aliphatic rings. The van der Waals surface area contributed by atoms with Crippen molar-refractivity contribution in [3.63, 3.8) is 0 Å². The maximum atomic E-state index is 11.6. The third-order valence-electron chi connectivity index (χ3n) is 2.55. The lowest BCUT2D eigenvalue weighted by molar-refractivity contribution is -0.129. The minimum atomic E-state index is -0.0966. The van der Waals surface area contributed by atoms with Crippen molar-refractivity contribution < 1.29 is 9.53 Å². The second kappa shape index (κ2) is 6.21. The first-order valence-electron chi connectivity index (χ1n) is 6.11. The van der Waals surface area contributed by atoms with Crippen LogP contribution >= 0.6 is 0 Å². The highest BCUT2D eigenvalue weighted by atomic mass is 16.5. The van der Waals surface area contributed by atoms with Crippen molar-refractivity contribution >= 4 is 5.91 Å². The monoisotopic (exact) mass is 228 g/mol. The zero-order valence-electron chi connectivity index (χ0n) is 10.7. The molecule has 1 amide bonds. The van der Waals surface area contributed by atoms with Gasteiger partial charge in [-0.05, 0) is 33.6 Å². The molecule has 0 aromatic heterocycles. The molecular weight excluding hydrogens is 204 g/mol. The zero-order chi connectivity index (χ0) is 12.0. The Hall–Kier alpha value is -0.610. The molecule has 0 aromatic rings. The third-order valence-corrected chi connectivity index (χ3v) is 2.55. The van der Waals surface area contributed by atoms with Gasteiger partial charge in [-0.2, -0.15) is 0 Å². The Morgan fingerprint density at radius 2 is 1.94 bits per heavy atom. The molecule has 0 bridgehead atoms. The molecule has 0 unspecified atom stereocenters. The zero-order valence-corrected chi connectivity index (χ0v) is 10.7. The SMILES string of the molecule is CC(C)(C)OCCNCC(=O)N1CCCC1. The van der Waals surface area contributed by atoms with E-state index < -0.39 is 0 Å².